The maximum Gasteiger partial charge on any atom is 0.0712 e. The van der Waals surface area contributed by atoms with Crippen LogP contribution in [0.5, 0.6) is 0 Å². The van der Waals surface area contributed by atoms with Gasteiger partial charge in [-0.3, -0.25) is 0 Å². The second kappa shape index (κ2) is 4.43. The molecule has 2 heteroatoms. The van der Waals surface area contributed by atoms with Crippen molar-refractivity contribution in [3.8, 4) is 11.3 Å². The fourth-order valence-electron chi connectivity index (χ4n) is 3.14. The van der Waals surface area contributed by atoms with E-state index < -0.39 is 0 Å². The summed E-state index contributed by atoms with van der Waals surface area (Å²) in [5, 5.41) is 1.18. The van der Waals surface area contributed by atoms with Crippen molar-refractivity contribution in [3.63, 3.8) is 0 Å². The van der Waals surface area contributed by atoms with E-state index >= 15 is 0 Å². The van der Waals surface area contributed by atoms with Gasteiger partial charge in [0.2, 0.25) is 0 Å². The molecule has 1 aliphatic carbocycles. The van der Waals surface area contributed by atoms with Gasteiger partial charge in [0.15, 0.2) is 0 Å². The van der Waals surface area contributed by atoms with Crippen molar-refractivity contribution in [2.45, 2.75) is 18.9 Å². The number of nitrogens with two attached hydrogens (primary N) is 1. The van der Waals surface area contributed by atoms with Crippen LogP contribution in [0, 0.1) is 0 Å². The number of fused-ring (bicyclic) bond motifs is 2. The first-order chi connectivity index (χ1) is 9.83. The summed E-state index contributed by atoms with van der Waals surface area (Å²) in [4.78, 5) is 4.81. The van der Waals surface area contributed by atoms with Gasteiger partial charge in [0.1, 0.15) is 0 Å². The highest BCUT2D eigenvalue weighted by atomic mass is 14.7. The molecule has 0 saturated carbocycles. The fourth-order valence-corrected chi connectivity index (χ4v) is 3.14. The van der Waals surface area contributed by atoms with E-state index in [1.807, 2.05) is 12.1 Å². The molecule has 2 N–H and O–H groups in total. The molecule has 0 aliphatic heterocycles. The monoisotopic (exact) mass is 260 g/mol. The van der Waals surface area contributed by atoms with E-state index in [4.69, 9.17) is 10.7 Å². The number of para-hydroxylation sites is 1. The van der Waals surface area contributed by atoms with Crippen LogP contribution in [-0.2, 0) is 6.42 Å². The Morgan fingerprint density at radius 3 is 2.80 bits per heavy atom. The smallest absolute Gasteiger partial charge is 0.0712 e. The molecule has 3 aromatic rings. The highest BCUT2D eigenvalue weighted by Gasteiger charge is 2.22. The summed E-state index contributed by atoms with van der Waals surface area (Å²) in [5.74, 6) is 0. The fraction of sp³-hybridized carbons (Fsp3) is 0.167. The van der Waals surface area contributed by atoms with Crippen LogP contribution in [0.25, 0.3) is 22.2 Å². The van der Waals surface area contributed by atoms with Crippen LogP contribution >= 0.6 is 0 Å². The Labute approximate surface area is 118 Å². The van der Waals surface area contributed by atoms with Crippen LogP contribution in [0.2, 0.25) is 0 Å². The van der Waals surface area contributed by atoms with Gasteiger partial charge < -0.3 is 5.73 Å². The maximum atomic E-state index is 6.16. The number of pyridine rings is 1. The summed E-state index contributed by atoms with van der Waals surface area (Å²) >= 11 is 0. The molecule has 98 valence electrons. The van der Waals surface area contributed by atoms with Gasteiger partial charge in [-0.1, -0.05) is 42.5 Å². The van der Waals surface area contributed by atoms with E-state index in [2.05, 4.69) is 42.5 Å². The van der Waals surface area contributed by atoms with E-state index in [9.17, 15) is 0 Å². The van der Waals surface area contributed by atoms with Crippen molar-refractivity contribution in [3.05, 3.63) is 65.7 Å². The Hall–Kier alpha value is -2.19. The molecule has 0 saturated heterocycles. The summed E-state index contributed by atoms with van der Waals surface area (Å²) < 4.78 is 0. The lowest BCUT2D eigenvalue weighted by atomic mass is 9.99. The van der Waals surface area contributed by atoms with Crippen LogP contribution in [0.4, 0.5) is 0 Å². The zero-order chi connectivity index (χ0) is 13.5. The lowest BCUT2D eigenvalue weighted by Crippen LogP contribution is -2.05. The molecule has 1 unspecified atom stereocenters. The van der Waals surface area contributed by atoms with Crippen molar-refractivity contribution in [1.82, 2.24) is 4.98 Å². The Bertz CT molecular complexity index is 792. The first-order valence-corrected chi connectivity index (χ1v) is 7.06. The van der Waals surface area contributed by atoms with Gasteiger partial charge in [-0.2, -0.15) is 0 Å². The number of nitrogens with zero attached hydrogens (tertiary/aromatic N) is 1. The molecule has 1 atom stereocenters. The minimum absolute atomic E-state index is 0.186. The molecule has 0 amide bonds. The lowest BCUT2D eigenvalue weighted by molar-refractivity contribution is 0.713. The predicted molar refractivity (Wildman–Crippen MR) is 82.4 cm³/mol. The molecule has 1 heterocycles. The van der Waals surface area contributed by atoms with E-state index in [1.165, 1.54) is 22.1 Å². The van der Waals surface area contributed by atoms with Crippen LogP contribution < -0.4 is 5.73 Å². The van der Waals surface area contributed by atoms with Crippen molar-refractivity contribution < 1.29 is 0 Å². The van der Waals surface area contributed by atoms with Crippen molar-refractivity contribution in [1.29, 1.82) is 0 Å². The summed E-state index contributed by atoms with van der Waals surface area (Å²) in [5.41, 5.74) is 12.2. The summed E-state index contributed by atoms with van der Waals surface area (Å²) in [6, 6.07) is 19.1. The number of rotatable bonds is 1. The van der Waals surface area contributed by atoms with Gasteiger partial charge in [-0.15, -0.1) is 0 Å². The molecule has 1 aliphatic rings. The van der Waals surface area contributed by atoms with Crippen LogP contribution in [0.1, 0.15) is 23.6 Å². The molecular formula is C18H16N2. The number of aromatic nitrogens is 1. The molecule has 0 spiro atoms. The van der Waals surface area contributed by atoms with Crippen LogP contribution in [-0.4, -0.2) is 4.98 Å². The number of hydrogen-bond acceptors (Lipinski definition) is 2. The molecule has 2 nitrogen and oxygen atoms in total. The topological polar surface area (TPSA) is 38.9 Å². The Balaban J connectivity index is 1.92. The normalized spacial score (nSPS) is 17.4. The summed E-state index contributed by atoms with van der Waals surface area (Å²) in [6.07, 6.45) is 2.10. The van der Waals surface area contributed by atoms with Gasteiger partial charge >= 0.3 is 0 Å². The quantitative estimate of drug-likeness (QED) is 0.721. The Morgan fingerprint density at radius 2 is 1.85 bits per heavy atom. The number of benzene rings is 2. The third-order valence-corrected chi connectivity index (χ3v) is 4.19. The zero-order valence-corrected chi connectivity index (χ0v) is 11.2. The third kappa shape index (κ3) is 1.73. The average Bonchev–Trinajstić information content (AvgIpc) is 2.88. The van der Waals surface area contributed by atoms with E-state index in [-0.39, 0.29) is 6.04 Å². The van der Waals surface area contributed by atoms with E-state index in [0.717, 1.165) is 24.1 Å². The van der Waals surface area contributed by atoms with Gasteiger partial charge in [0.05, 0.1) is 11.2 Å². The van der Waals surface area contributed by atoms with Crippen molar-refractivity contribution in [2.24, 2.45) is 5.73 Å². The standard InChI is InChI=1S/C18H16N2/c19-16-10-9-13-14(16)5-3-6-15(13)18-11-8-12-4-1-2-7-17(12)20-18/h1-8,11,16H,9-10,19H2. The molecule has 0 bridgehead atoms. The molecular weight excluding hydrogens is 244 g/mol. The zero-order valence-electron chi connectivity index (χ0n) is 11.2. The maximum absolute atomic E-state index is 6.16. The van der Waals surface area contributed by atoms with Gasteiger partial charge in [0.25, 0.3) is 0 Å². The lowest BCUT2D eigenvalue weighted by Gasteiger charge is -2.10. The summed E-state index contributed by atoms with van der Waals surface area (Å²) in [7, 11) is 0. The second-order valence-electron chi connectivity index (χ2n) is 5.41. The first-order valence-electron chi connectivity index (χ1n) is 7.06. The Kier molecular flexibility index (Phi) is 2.57. The van der Waals surface area contributed by atoms with Crippen molar-refractivity contribution >= 4 is 10.9 Å². The number of hydrogen-bond donors (Lipinski definition) is 1. The Morgan fingerprint density at radius 1 is 0.950 bits per heavy atom. The third-order valence-electron chi connectivity index (χ3n) is 4.19. The highest BCUT2D eigenvalue weighted by molar-refractivity contribution is 5.82. The van der Waals surface area contributed by atoms with Crippen LogP contribution in [0.3, 0.4) is 0 Å². The minimum atomic E-state index is 0.186. The minimum Gasteiger partial charge on any atom is -0.324 e. The molecule has 4 rings (SSSR count). The van der Waals surface area contributed by atoms with Crippen LogP contribution in [0.15, 0.2) is 54.6 Å². The molecule has 0 radical (unpaired) electrons. The molecule has 2 aromatic carbocycles. The van der Waals surface area contributed by atoms with Gasteiger partial charge in [-0.05, 0) is 36.1 Å². The second-order valence-corrected chi connectivity index (χ2v) is 5.41. The highest BCUT2D eigenvalue weighted by Crippen LogP contribution is 2.36. The first kappa shape index (κ1) is 11.6. The molecule has 0 fully saturated rings. The van der Waals surface area contributed by atoms with E-state index in [1.54, 1.807) is 0 Å². The van der Waals surface area contributed by atoms with E-state index in [0.29, 0.717) is 0 Å². The molecule has 20 heavy (non-hydrogen) atoms. The SMILES string of the molecule is NC1CCc2c(-c3ccc4ccccc4n3)cccc21. The molecule has 1 aromatic heterocycles. The summed E-state index contributed by atoms with van der Waals surface area (Å²) in [6.45, 7) is 0. The van der Waals surface area contributed by atoms with Gasteiger partial charge in [-0.25, -0.2) is 4.98 Å². The largest absolute Gasteiger partial charge is 0.324 e. The predicted octanol–water partition coefficient (Wildman–Crippen LogP) is 3.85. The van der Waals surface area contributed by atoms with Gasteiger partial charge in [0, 0.05) is 17.0 Å². The average molecular weight is 260 g/mol. The van der Waals surface area contributed by atoms with Crippen molar-refractivity contribution in [2.75, 3.05) is 0 Å².